The van der Waals surface area contributed by atoms with Gasteiger partial charge in [-0.05, 0) is 25.7 Å². The van der Waals surface area contributed by atoms with Crippen LogP contribution in [0.4, 0.5) is 0 Å². The van der Waals surface area contributed by atoms with Crippen LogP contribution in [-0.4, -0.2) is 25.6 Å². The van der Waals surface area contributed by atoms with Gasteiger partial charge in [0.1, 0.15) is 0 Å². The SMILES string of the molecule is C#CCNC(=NCCCC1CCCC1)NCC.I. The van der Waals surface area contributed by atoms with Crippen molar-refractivity contribution in [2.24, 2.45) is 10.9 Å². The Balaban J connectivity index is 0.00000289. The van der Waals surface area contributed by atoms with Gasteiger partial charge in [-0.25, -0.2) is 0 Å². The van der Waals surface area contributed by atoms with Crippen molar-refractivity contribution in [2.75, 3.05) is 19.6 Å². The standard InChI is InChI=1S/C14H25N3.HI/c1-3-11-16-14(15-4-2)17-12-7-10-13-8-5-6-9-13;/h1,13H,4-12H2,2H3,(H2,15,16,17);1H. The zero-order valence-corrected chi connectivity index (χ0v) is 13.7. The molecule has 0 aromatic heterocycles. The van der Waals surface area contributed by atoms with Crippen LogP contribution in [0.3, 0.4) is 0 Å². The van der Waals surface area contributed by atoms with Crippen LogP contribution < -0.4 is 10.6 Å². The molecule has 0 amide bonds. The predicted octanol–water partition coefficient (Wildman–Crippen LogP) is 2.76. The Morgan fingerprint density at radius 1 is 1.33 bits per heavy atom. The van der Waals surface area contributed by atoms with E-state index in [9.17, 15) is 0 Å². The van der Waals surface area contributed by atoms with Gasteiger partial charge in [0.2, 0.25) is 0 Å². The molecule has 1 rings (SSSR count). The number of nitrogens with zero attached hydrogens (tertiary/aromatic N) is 1. The average Bonchev–Trinajstić information content (AvgIpc) is 2.84. The third-order valence-corrected chi connectivity index (χ3v) is 3.22. The van der Waals surface area contributed by atoms with Crippen LogP contribution in [0.15, 0.2) is 4.99 Å². The molecule has 0 unspecified atom stereocenters. The summed E-state index contributed by atoms with van der Waals surface area (Å²) in [5, 5.41) is 6.29. The number of hydrogen-bond acceptors (Lipinski definition) is 1. The number of aliphatic imine (C=N–C) groups is 1. The van der Waals surface area contributed by atoms with Crippen molar-refractivity contribution in [1.82, 2.24) is 10.6 Å². The lowest BCUT2D eigenvalue weighted by Gasteiger charge is -2.10. The summed E-state index contributed by atoms with van der Waals surface area (Å²) in [5.74, 6) is 4.37. The van der Waals surface area contributed by atoms with E-state index < -0.39 is 0 Å². The van der Waals surface area contributed by atoms with Gasteiger partial charge in [0.15, 0.2) is 5.96 Å². The fraction of sp³-hybridized carbons (Fsp3) is 0.786. The van der Waals surface area contributed by atoms with Crippen molar-refractivity contribution in [3.63, 3.8) is 0 Å². The summed E-state index contributed by atoms with van der Waals surface area (Å²) in [5.41, 5.74) is 0. The first-order valence-electron chi connectivity index (χ1n) is 6.82. The lowest BCUT2D eigenvalue weighted by Crippen LogP contribution is -2.37. The Kier molecular flexibility index (Phi) is 11.4. The fourth-order valence-electron chi connectivity index (χ4n) is 2.35. The molecule has 0 bridgehead atoms. The van der Waals surface area contributed by atoms with Crippen molar-refractivity contribution in [3.8, 4) is 12.3 Å². The van der Waals surface area contributed by atoms with E-state index in [0.717, 1.165) is 25.0 Å². The molecular formula is C14H26IN3. The first kappa shape index (κ1) is 17.6. The van der Waals surface area contributed by atoms with Gasteiger partial charge in [-0.1, -0.05) is 31.6 Å². The number of nitrogens with one attached hydrogen (secondary N) is 2. The Bertz CT molecular complexity index is 265. The van der Waals surface area contributed by atoms with E-state index in [0.29, 0.717) is 6.54 Å². The monoisotopic (exact) mass is 363 g/mol. The molecule has 1 fully saturated rings. The fourth-order valence-corrected chi connectivity index (χ4v) is 2.35. The van der Waals surface area contributed by atoms with Gasteiger partial charge in [-0.2, -0.15) is 0 Å². The van der Waals surface area contributed by atoms with Gasteiger partial charge in [0.05, 0.1) is 6.54 Å². The Morgan fingerprint density at radius 3 is 2.67 bits per heavy atom. The van der Waals surface area contributed by atoms with Gasteiger partial charge in [0, 0.05) is 13.1 Å². The molecule has 2 N–H and O–H groups in total. The minimum Gasteiger partial charge on any atom is -0.357 e. The Hall–Kier alpha value is -0.440. The molecule has 1 aliphatic rings. The summed E-state index contributed by atoms with van der Waals surface area (Å²) in [7, 11) is 0. The maximum atomic E-state index is 5.22. The highest BCUT2D eigenvalue weighted by molar-refractivity contribution is 14.0. The zero-order chi connectivity index (χ0) is 12.3. The Morgan fingerprint density at radius 2 is 2.06 bits per heavy atom. The van der Waals surface area contributed by atoms with Crippen molar-refractivity contribution >= 4 is 29.9 Å². The quantitative estimate of drug-likeness (QED) is 0.250. The van der Waals surface area contributed by atoms with Crippen LogP contribution in [0.1, 0.15) is 45.4 Å². The maximum absolute atomic E-state index is 5.22. The number of halogens is 1. The third kappa shape index (κ3) is 7.80. The highest BCUT2D eigenvalue weighted by Crippen LogP contribution is 2.28. The summed E-state index contributed by atoms with van der Waals surface area (Å²) in [6.45, 7) is 4.37. The van der Waals surface area contributed by atoms with Crippen molar-refractivity contribution in [1.29, 1.82) is 0 Å². The van der Waals surface area contributed by atoms with Crippen LogP contribution >= 0.6 is 24.0 Å². The van der Waals surface area contributed by atoms with E-state index >= 15 is 0 Å². The summed E-state index contributed by atoms with van der Waals surface area (Å²) >= 11 is 0. The number of rotatable bonds is 6. The summed E-state index contributed by atoms with van der Waals surface area (Å²) < 4.78 is 0. The highest BCUT2D eigenvalue weighted by atomic mass is 127. The molecular weight excluding hydrogens is 337 g/mol. The second-order valence-electron chi connectivity index (χ2n) is 4.61. The van der Waals surface area contributed by atoms with E-state index in [2.05, 4.69) is 28.5 Å². The van der Waals surface area contributed by atoms with Gasteiger partial charge in [-0.3, -0.25) is 4.99 Å². The Labute approximate surface area is 129 Å². The molecule has 1 saturated carbocycles. The van der Waals surface area contributed by atoms with Crippen molar-refractivity contribution < 1.29 is 0 Å². The normalized spacial score (nSPS) is 15.9. The zero-order valence-electron chi connectivity index (χ0n) is 11.4. The van der Waals surface area contributed by atoms with Crippen LogP contribution in [-0.2, 0) is 0 Å². The summed E-state index contributed by atoms with van der Waals surface area (Å²) in [4.78, 5) is 4.51. The molecule has 0 radical (unpaired) electrons. The smallest absolute Gasteiger partial charge is 0.192 e. The second kappa shape index (κ2) is 11.6. The average molecular weight is 363 g/mol. The van der Waals surface area contributed by atoms with Crippen LogP contribution in [0.2, 0.25) is 0 Å². The predicted molar refractivity (Wildman–Crippen MR) is 89.4 cm³/mol. The molecule has 0 atom stereocenters. The van der Waals surface area contributed by atoms with Crippen molar-refractivity contribution in [2.45, 2.75) is 45.4 Å². The van der Waals surface area contributed by atoms with Crippen LogP contribution in [0.25, 0.3) is 0 Å². The summed E-state index contributed by atoms with van der Waals surface area (Å²) in [6.07, 6.45) is 13.5. The van der Waals surface area contributed by atoms with E-state index in [4.69, 9.17) is 6.42 Å². The first-order chi connectivity index (χ1) is 8.36. The largest absolute Gasteiger partial charge is 0.357 e. The maximum Gasteiger partial charge on any atom is 0.192 e. The number of hydrogen-bond donors (Lipinski definition) is 2. The third-order valence-electron chi connectivity index (χ3n) is 3.22. The molecule has 4 heteroatoms. The van der Waals surface area contributed by atoms with E-state index in [1.54, 1.807) is 0 Å². The molecule has 0 spiro atoms. The molecule has 0 saturated heterocycles. The second-order valence-corrected chi connectivity index (χ2v) is 4.61. The van der Waals surface area contributed by atoms with Gasteiger partial charge < -0.3 is 10.6 Å². The molecule has 0 heterocycles. The summed E-state index contributed by atoms with van der Waals surface area (Å²) in [6, 6.07) is 0. The van der Waals surface area contributed by atoms with Crippen LogP contribution in [0, 0.1) is 18.3 Å². The molecule has 18 heavy (non-hydrogen) atoms. The van der Waals surface area contributed by atoms with Gasteiger partial charge in [-0.15, -0.1) is 30.4 Å². The molecule has 104 valence electrons. The van der Waals surface area contributed by atoms with Crippen LogP contribution in [0.5, 0.6) is 0 Å². The molecule has 0 aromatic carbocycles. The highest BCUT2D eigenvalue weighted by Gasteiger charge is 2.13. The minimum atomic E-state index is 0. The van der Waals surface area contributed by atoms with E-state index in [1.807, 2.05) is 0 Å². The van der Waals surface area contributed by atoms with E-state index in [-0.39, 0.29) is 24.0 Å². The van der Waals surface area contributed by atoms with E-state index in [1.165, 1.54) is 38.5 Å². The first-order valence-corrected chi connectivity index (χ1v) is 6.82. The lowest BCUT2D eigenvalue weighted by molar-refractivity contribution is 0.487. The molecule has 0 aromatic rings. The van der Waals surface area contributed by atoms with Gasteiger partial charge >= 0.3 is 0 Å². The minimum absolute atomic E-state index is 0. The van der Waals surface area contributed by atoms with Crippen molar-refractivity contribution in [3.05, 3.63) is 0 Å². The topological polar surface area (TPSA) is 36.4 Å². The molecule has 0 aliphatic heterocycles. The molecule has 3 nitrogen and oxygen atoms in total. The lowest BCUT2D eigenvalue weighted by atomic mass is 10.0. The van der Waals surface area contributed by atoms with Gasteiger partial charge in [0.25, 0.3) is 0 Å². The number of terminal acetylenes is 1. The molecule has 1 aliphatic carbocycles. The number of guanidine groups is 1.